The second-order valence-corrected chi connectivity index (χ2v) is 7.28. The Morgan fingerprint density at radius 3 is 2.22 bits per heavy atom. The van der Waals surface area contributed by atoms with E-state index >= 15 is 0 Å². The summed E-state index contributed by atoms with van der Waals surface area (Å²) >= 11 is 0. The van der Waals surface area contributed by atoms with Gasteiger partial charge in [0, 0.05) is 13.1 Å². The number of aromatic nitrogens is 2. The maximum absolute atomic E-state index is 12.3. The third-order valence-electron chi connectivity index (χ3n) is 3.20. The fourth-order valence-electron chi connectivity index (χ4n) is 1.41. The Balaban J connectivity index is 3.16. The van der Waals surface area contributed by atoms with Crippen LogP contribution in [0.4, 0.5) is 5.82 Å². The summed E-state index contributed by atoms with van der Waals surface area (Å²) in [6.45, 7) is 9.43. The average molecular weight is 274 g/mol. The third kappa shape index (κ3) is 2.84. The van der Waals surface area contributed by atoms with Crippen LogP contribution in [0, 0.1) is 12.3 Å². The van der Waals surface area contributed by atoms with Crippen LogP contribution >= 0.6 is 0 Å². The minimum atomic E-state index is -3.64. The van der Waals surface area contributed by atoms with Crippen molar-refractivity contribution >= 4 is 15.8 Å². The molecule has 0 radical (unpaired) electrons. The van der Waals surface area contributed by atoms with Crippen molar-refractivity contribution in [2.24, 2.45) is 12.5 Å². The molecule has 7 heteroatoms. The van der Waals surface area contributed by atoms with Crippen molar-refractivity contribution in [3.8, 4) is 0 Å². The van der Waals surface area contributed by atoms with Crippen molar-refractivity contribution in [3.05, 3.63) is 5.69 Å². The van der Waals surface area contributed by atoms with Gasteiger partial charge in [0.2, 0.25) is 10.0 Å². The maximum Gasteiger partial charge on any atom is 0.246 e. The molecule has 0 saturated carbocycles. The molecule has 0 aliphatic heterocycles. The summed E-state index contributed by atoms with van der Waals surface area (Å²) in [5.74, 6) is 0.0311. The Labute approximate surface area is 109 Å². The molecule has 0 spiro atoms. The van der Waals surface area contributed by atoms with Gasteiger partial charge in [0.1, 0.15) is 4.90 Å². The number of anilines is 1. The number of rotatable bonds is 3. The molecule has 3 N–H and O–H groups in total. The molecule has 0 aromatic carbocycles. The number of sulfonamides is 1. The molecule has 1 atom stereocenters. The minimum Gasteiger partial charge on any atom is -0.381 e. The summed E-state index contributed by atoms with van der Waals surface area (Å²) in [7, 11) is -1.98. The van der Waals surface area contributed by atoms with Gasteiger partial charge in [-0.1, -0.05) is 20.8 Å². The normalized spacial score (nSPS) is 14.8. The van der Waals surface area contributed by atoms with E-state index in [4.69, 9.17) is 5.73 Å². The molecule has 1 rings (SSSR count). The second-order valence-electron chi connectivity index (χ2n) is 5.63. The molecule has 1 heterocycles. The van der Waals surface area contributed by atoms with Crippen molar-refractivity contribution in [1.82, 2.24) is 14.5 Å². The van der Waals surface area contributed by atoms with Crippen molar-refractivity contribution in [2.75, 3.05) is 5.73 Å². The van der Waals surface area contributed by atoms with Crippen molar-refractivity contribution < 1.29 is 8.42 Å². The van der Waals surface area contributed by atoms with Gasteiger partial charge >= 0.3 is 0 Å². The van der Waals surface area contributed by atoms with Crippen LogP contribution in [0.15, 0.2) is 4.90 Å². The largest absolute Gasteiger partial charge is 0.381 e. The van der Waals surface area contributed by atoms with Crippen molar-refractivity contribution in [2.45, 2.75) is 45.6 Å². The molecular weight excluding hydrogens is 252 g/mol. The van der Waals surface area contributed by atoms with Gasteiger partial charge in [-0.2, -0.15) is 5.10 Å². The second kappa shape index (κ2) is 4.55. The first kappa shape index (κ1) is 15.0. The van der Waals surface area contributed by atoms with Crippen LogP contribution in [0.3, 0.4) is 0 Å². The lowest BCUT2D eigenvalue weighted by Gasteiger charge is -2.27. The molecule has 0 aliphatic carbocycles. The van der Waals surface area contributed by atoms with Gasteiger partial charge in [-0.05, 0) is 19.3 Å². The molecule has 6 nitrogen and oxygen atoms in total. The highest BCUT2D eigenvalue weighted by atomic mass is 32.2. The summed E-state index contributed by atoms with van der Waals surface area (Å²) in [6.07, 6.45) is 0. The fraction of sp³-hybridized carbons (Fsp3) is 0.727. The van der Waals surface area contributed by atoms with Gasteiger partial charge in [-0.25, -0.2) is 13.1 Å². The first-order valence-electron chi connectivity index (χ1n) is 5.78. The topological polar surface area (TPSA) is 90.0 Å². The Bertz CT molecular complexity index is 540. The monoisotopic (exact) mass is 274 g/mol. The van der Waals surface area contributed by atoms with E-state index in [9.17, 15) is 8.42 Å². The number of hydrogen-bond acceptors (Lipinski definition) is 4. The number of nitrogens with one attached hydrogen (secondary N) is 1. The number of aryl methyl sites for hydroxylation is 1. The quantitative estimate of drug-likeness (QED) is 0.861. The van der Waals surface area contributed by atoms with Crippen LogP contribution in [-0.4, -0.2) is 24.2 Å². The lowest BCUT2D eigenvalue weighted by molar-refractivity contribution is 0.317. The van der Waals surface area contributed by atoms with Crippen LogP contribution < -0.4 is 10.5 Å². The molecule has 18 heavy (non-hydrogen) atoms. The van der Waals surface area contributed by atoms with E-state index in [2.05, 4.69) is 9.82 Å². The van der Waals surface area contributed by atoms with Gasteiger partial charge in [0.05, 0.1) is 5.69 Å². The first-order valence-corrected chi connectivity index (χ1v) is 7.26. The van der Waals surface area contributed by atoms with E-state index in [1.165, 1.54) is 4.68 Å². The van der Waals surface area contributed by atoms with E-state index in [1.54, 1.807) is 14.0 Å². The molecule has 0 amide bonds. The summed E-state index contributed by atoms with van der Waals surface area (Å²) in [5, 5.41) is 3.92. The van der Waals surface area contributed by atoms with E-state index in [0.717, 1.165) is 0 Å². The zero-order chi connectivity index (χ0) is 14.3. The average Bonchev–Trinajstić information content (AvgIpc) is 2.38. The van der Waals surface area contributed by atoms with Crippen LogP contribution in [0.25, 0.3) is 0 Å². The minimum absolute atomic E-state index is 0.0311. The molecule has 0 bridgehead atoms. The van der Waals surface area contributed by atoms with Crippen molar-refractivity contribution in [1.29, 1.82) is 0 Å². The lowest BCUT2D eigenvalue weighted by atomic mass is 9.89. The van der Waals surface area contributed by atoms with Gasteiger partial charge in [-0.3, -0.25) is 4.68 Å². The first-order chi connectivity index (χ1) is 7.97. The highest BCUT2D eigenvalue weighted by Crippen LogP contribution is 2.24. The molecule has 1 unspecified atom stereocenters. The number of nitrogens with zero attached hydrogens (tertiary/aromatic N) is 2. The Morgan fingerprint density at radius 2 is 1.89 bits per heavy atom. The lowest BCUT2D eigenvalue weighted by Crippen LogP contribution is -2.41. The van der Waals surface area contributed by atoms with Crippen LogP contribution in [-0.2, 0) is 17.1 Å². The molecule has 0 fully saturated rings. The summed E-state index contributed by atoms with van der Waals surface area (Å²) < 4.78 is 28.7. The summed E-state index contributed by atoms with van der Waals surface area (Å²) in [6, 6.07) is -0.207. The standard InChI is InChI=1S/C11H22N4O2S/c1-7-9(10(12)13-15(7)6)18(16,17)14-8(2)11(3,4)5/h8,14H,1-6H3,(H2,12,13). The van der Waals surface area contributed by atoms with E-state index in [-0.39, 0.29) is 22.2 Å². The third-order valence-corrected chi connectivity index (χ3v) is 4.91. The van der Waals surface area contributed by atoms with Crippen LogP contribution in [0.5, 0.6) is 0 Å². The SMILES string of the molecule is Cc1c(S(=O)(=O)NC(C)C(C)(C)C)c(N)nn1C. The van der Waals surface area contributed by atoms with E-state index in [0.29, 0.717) is 5.69 Å². The predicted molar refractivity (Wildman–Crippen MR) is 71.6 cm³/mol. The highest BCUT2D eigenvalue weighted by molar-refractivity contribution is 7.89. The van der Waals surface area contributed by atoms with Gasteiger partial charge < -0.3 is 5.73 Å². The van der Waals surface area contributed by atoms with E-state index < -0.39 is 10.0 Å². The van der Waals surface area contributed by atoms with Crippen LogP contribution in [0.1, 0.15) is 33.4 Å². The summed E-state index contributed by atoms with van der Waals surface area (Å²) in [4.78, 5) is 0.0705. The fourth-order valence-corrected chi connectivity index (χ4v) is 3.19. The zero-order valence-corrected chi connectivity index (χ0v) is 12.6. The molecule has 0 saturated heterocycles. The van der Waals surface area contributed by atoms with Crippen molar-refractivity contribution in [3.63, 3.8) is 0 Å². The molecule has 104 valence electrons. The maximum atomic E-state index is 12.3. The number of hydrogen-bond donors (Lipinski definition) is 2. The Morgan fingerprint density at radius 1 is 1.39 bits per heavy atom. The molecule has 0 aliphatic rings. The van der Waals surface area contributed by atoms with Gasteiger partial charge in [-0.15, -0.1) is 0 Å². The molecule has 1 aromatic heterocycles. The highest BCUT2D eigenvalue weighted by Gasteiger charge is 2.30. The Kier molecular flexibility index (Phi) is 3.78. The van der Waals surface area contributed by atoms with Crippen LogP contribution in [0.2, 0.25) is 0 Å². The molecule has 1 aromatic rings. The number of nitrogen functional groups attached to an aromatic ring is 1. The summed E-state index contributed by atoms with van der Waals surface area (Å²) in [5.41, 5.74) is 6.02. The zero-order valence-electron chi connectivity index (χ0n) is 11.8. The molecular formula is C11H22N4O2S. The van der Waals surface area contributed by atoms with E-state index in [1.807, 2.05) is 27.7 Å². The predicted octanol–water partition coefficient (Wildman–Crippen LogP) is 1.02. The smallest absolute Gasteiger partial charge is 0.246 e. The van der Waals surface area contributed by atoms with Gasteiger partial charge in [0.15, 0.2) is 5.82 Å². The number of nitrogens with two attached hydrogens (primary N) is 1. The van der Waals surface area contributed by atoms with Gasteiger partial charge in [0.25, 0.3) is 0 Å². The Hall–Kier alpha value is -1.08.